The summed E-state index contributed by atoms with van der Waals surface area (Å²) < 4.78 is 14.0. The molecule has 1 aliphatic rings. The van der Waals surface area contributed by atoms with Gasteiger partial charge in [-0.25, -0.2) is 4.39 Å². The van der Waals surface area contributed by atoms with Crippen molar-refractivity contribution in [3.63, 3.8) is 0 Å². The first-order valence-electron chi connectivity index (χ1n) is 7.63. The molecule has 2 aromatic carbocycles. The molecule has 0 N–H and O–H groups in total. The SMILES string of the molecule is O=C(c1cc(F)cc(Br)c1)N1CCN(Cc2ccccc2)CC1. The van der Waals surface area contributed by atoms with E-state index in [4.69, 9.17) is 0 Å². The van der Waals surface area contributed by atoms with Gasteiger partial charge in [0.1, 0.15) is 5.82 Å². The topological polar surface area (TPSA) is 23.6 Å². The van der Waals surface area contributed by atoms with E-state index in [0.717, 1.165) is 19.6 Å². The molecule has 0 radical (unpaired) electrons. The first-order valence-corrected chi connectivity index (χ1v) is 8.43. The molecule has 0 aromatic heterocycles. The highest BCUT2D eigenvalue weighted by Crippen LogP contribution is 2.17. The van der Waals surface area contributed by atoms with Gasteiger partial charge in [-0.1, -0.05) is 46.3 Å². The molecule has 0 bridgehead atoms. The van der Waals surface area contributed by atoms with Crippen LogP contribution in [0.3, 0.4) is 0 Å². The Morgan fingerprint density at radius 1 is 1.04 bits per heavy atom. The molecule has 0 unspecified atom stereocenters. The van der Waals surface area contributed by atoms with E-state index in [0.29, 0.717) is 23.1 Å². The summed E-state index contributed by atoms with van der Waals surface area (Å²) in [7, 11) is 0. The van der Waals surface area contributed by atoms with Crippen LogP contribution in [-0.2, 0) is 6.54 Å². The van der Waals surface area contributed by atoms with E-state index >= 15 is 0 Å². The van der Waals surface area contributed by atoms with E-state index in [1.54, 1.807) is 11.0 Å². The van der Waals surface area contributed by atoms with Crippen LogP contribution >= 0.6 is 15.9 Å². The minimum atomic E-state index is -0.398. The van der Waals surface area contributed by atoms with Gasteiger partial charge in [-0.15, -0.1) is 0 Å². The Labute approximate surface area is 143 Å². The van der Waals surface area contributed by atoms with E-state index in [1.165, 1.54) is 17.7 Å². The van der Waals surface area contributed by atoms with Crippen LogP contribution in [0.1, 0.15) is 15.9 Å². The summed E-state index contributed by atoms with van der Waals surface area (Å²) in [6.07, 6.45) is 0. The summed E-state index contributed by atoms with van der Waals surface area (Å²) >= 11 is 3.23. The quantitative estimate of drug-likeness (QED) is 0.817. The number of rotatable bonds is 3. The van der Waals surface area contributed by atoms with Crippen molar-refractivity contribution in [3.8, 4) is 0 Å². The molecule has 120 valence electrons. The molecule has 1 aliphatic heterocycles. The number of halogens is 2. The van der Waals surface area contributed by atoms with Gasteiger partial charge in [0.2, 0.25) is 0 Å². The van der Waals surface area contributed by atoms with Gasteiger partial charge >= 0.3 is 0 Å². The van der Waals surface area contributed by atoms with Crippen LogP contribution in [0.25, 0.3) is 0 Å². The Balaban J connectivity index is 1.59. The maximum atomic E-state index is 13.5. The van der Waals surface area contributed by atoms with Gasteiger partial charge in [-0.2, -0.15) is 0 Å². The molecule has 0 spiro atoms. The maximum absolute atomic E-state index is 13.5. The van der Waals surface area contributed by atoms with Gasteiger partial charge in [0, 0.05) is 42.8 Å². The lowest BCUT2D eigenvalue weighted by atomic mass is 10.1. The molecule has 0 saturated carbocycles. The smallest absolute Gasteiger partial charge is 0.254 e. The molecule has 0 atom stereocenters. The predicted octanol–water partition coefficient (Wildman–Crippen LogP) is 3.55. The fourth-order valence-electron chi connectivity index (χ4n) is 2.81. The molecule has 1 saturated heterocycles. The van der Waals surface area contributed by atoms with Gasteiger partial charge in [0.15, 0.2) is 0 Å². The molecule has 2 aromatic rings. The van der Waals surface area contributed by atoms with E-state index in [1.807, 2.05) is 18.2 Å². The zero-order valence-electron chi connectivity index (χ0n) is 12.7. The zero-order valence-corrected chi connectivity index (χ0v) is 14.3. The van der Waals surface area contributed by atoms with Gasteiger partial charge in [0.05, 0.1) is 0 Å². The van der Waals surface area contributed by atoms with Crippen LogP contribution < -0.4 is 0 Å². The number of nitrogens with zero attached hydrogens (tertiary/aromatic N) is 2. The highest BCUT2D eigenvalue weighted by Gasteiger charge is 2.22. The fraction of sp³-hybridized carbons (Fsp3) is 0.278. The zero-order chi connectivity index (χ0) is 16.2. The average Bonchev–Trinajstić information content (AvgIpc) is 2.55. The molecular formula is C18H18BrFN2O. The Kier molecular flexibility index (Phi) is 5.08. The Hall–Kier alpha value is -1.72. The number of carbonyl (C=O) groups excluding carboxylic acids is 1. The number of amides is 1. The first kappa shape index (κ1) is 16.1. The molecule has 3 nitrogen and oxygen atoms in total. The monoisotopic (exact) mass is 376 g/mol. The minimum Gasteiger partial charge on any atom is -0.336 e. The van der Waals surface area contributed by atoms with Gasteiger partial charge in [-0.05, 0) is 23.8 Å². The molecule has 1 heterocycles. The number of hydrogen-bond donors (Lipinski definition) is 0. The van der Waals surface area contributed by atoms with Crippen molar-refractivity contribution in [2.24, 2.45) is 0 Å². The van der Waals surface area contributed by atoms with E-state index in [2.05, 4.69) is 33.0 Å². The minimum absolute atomic E-state index is 0.107. The van der Waals surface area contributed by atoms with Gasteiger partial charge < -0.3 is 4.90 Å². The van der Waals surface area contributed by atoms with E-state index in [9.17, 15) is 9.18 Å². The second kappa shape index (κ2) is 7.23. The number of piperazine rings is 1. The van der Waals surface area contributed by atoms with Crippen molar-refractivity contribution in [1.29, 1.82) is 0 Å². The molecule has 1 fully saturated rings. The van der Waals surface area contributed by atoms with Crippen LogP contribution in [0.15, 0.2) is 53.0 Å². The fourth-order valence-corrected chi connectivity index (χ4v) is 3.28. The second-order valence-corrected chi connectivity index (χ2v) is 6.63. The van der Waals surface area contributed by atoms with Crippen LogP contribution in [0.4, 0.5) is 4.39 Å². The van der Waals surface area contributed by atoms with Gasteiger partial charge in [0.25, 0.3) is 5.91 Å². The standard InChI is InChI=1S/C18H18BrFN2O/c19-16-10-15(11-17(20)12-16)18(23)22-8-6-21(7-9-22)13-14-4-2-1-3-5-14/h1-5,10-12H,6-9,13H2. The third-order valence-electron chi connectivity index (χ3n) is 4.02. The lowest BCUT2D eigenvalue weighted by molar-refractivity contribution is 0.0628. The summed E-state index contributed by atoms with van der Waals surface area (Å²) in [5, 5.41) is 0. The predicted molar refractivity (Wildman–Crippen MR) is 91.7 cm³/mol. The van der Waals surface area contributed by atoms with Crippen LogP contribution in [0.2, 0.25) is 0 Å². The lowest BCUT2D eigenvalue weighted by Gasteiger charge is -2.34. The van der Waals surface area contributed by atoms with Crippen molar-refractivity contribution in [2.45, 2.75) is 6.54 Å². The highest BCUT2D eigenvalue weighted by molar-refractivity contribution is 9.10. The summed E-state index contributed by atoms with van der Waals surface area (Å²) in [6.45, 7) is 3.89. The maximum Gasteiger partial charge on any atom is 0.254 e. The second-order valence-electron chi connectivity index (χ2n) is 5.71. The number of hydrogen-bond acceptors (Lipinski definition) is 2. The van der Waals surface area contributed by atoms with Crippen LogP contribution in [-0.4, -0.2) is 41.9 Å². The summed E-state index contributed by atoms with van der Waals surface area (Å²) in [4.78, 5) is 16.6. The van der Waals surface area contributed by atoms with Crippen LogP contribution in [0.5, 0.6) is 0 Å². The van der Waals surface area contributed by atoms with E-state index in [-0.39, 0.29) is 5.91 Å². The third-order valence-corrected chi connectivity index (χ3v) is 4.48. The molecule has 1 amide bonds. The third kappa shape index (κ3) is 4.18. The number of carbonyl (C=O) groups is 1. The molecule has 0 aliphatic carbocycles. The van der Waals surface area contributed by atoms with Crippen molar-refractivity contribution in [2.75, 3.05) is 26.2 Å². The average molecular weight is 377 g/mol. The highest BCUT2D eigenvalue weighted by atomic mass is 79.9. The molecule has 23 heavy (non-hydrogen) atoms. The summed E-state index contributed by atoms with van der Waals surface area (Å²) in [6, 6.07) is 14.6. The van der Waals surface area contributed by atoms with Crippen molar-refractivity contribution < 1.29 is 9.18 Å². The number of benzene rings is 2. The van der Waals surface area contributed by atoms with Crippen molar-refractivity contribution in [1.82, 2.24) is 9.80 Å². The van der Waals surface area contributed by atoms with Crippen molar-refractivity contribution >= 4 is 21.8 Å². The normalized spacial score (nSPS) is 15.7. The van der Waals surface area contributed by atoms with Crippen LogP contribution in [0, 0.1) is 5.82 Å². The largest absolute Gasteiger partial charge is 0.336 e. The van der Waals surface area contributed by atoms with E-state index < -0.39 is 5.82 Å². The molecule has 3 rings (SSSR count). The lowest BCUT2D eigenvalue weighted by Crippen LogP contribution is -2.48. The summed E-state index contributed by atoms with van der Waals surface area (Å²) in [5.74, 6) is -0.505. The summed E-state index contributed by atoms with van der Waals surface area (Å²) in [5.41, 5.74) is 1.68. The van der Waals surface area contributed by atoms with Crippen molar-refractivity contribution in [3.05, 3.63) is 69.9 Å². The Morgan fingerprint density at radius 2 is 1.74 bits per heavy atom. The Morgan fingerprint density at radius 3 is 2.39 bits per heavy atom. The Bertz CT molecular complexity index is 664. The van der Waals surface area contributed by atoms with Gasteiger partial charge in [-0.3, -0.25) is 9.69 Å². The first-order chi connectivity index (χ1) is 11.1. The molecular weight excluding hydrogens is 359 g/mol. The molecule has 5 heteroatoms.